The van der Waals surface area contributed by atoms with Gasteiger partial charge < -0.3 is 5.32 Å². The quantitative estimate of drug-likeness (QED) is 0.665. The zero-order valence-electron chi connectivity index (χ0n) is 9.05. The van der Waals surface area contributed by atoms with Crippen LogP contribution in [0.25, 0.3) is 0 Å². The van der Waals surface area contributed by atoms with E-state index in [4.69, 9.17) is 0 Å². The molecule has 2 heteroatoms. The third-order valence-corrected chi connectivity index (χ3v) is 4.24. The van der Waals surface area contributed by atoms with Crippen LogP contribution >= 0.6 is 0 Å². The molecule has 0 radical (unpaired) electrons. The minimum atomic E-state index is 0.934. The third kappa shape index (κ3) is 1.41. The van der Waals surface area contributed by atoms with Crippen LogP contribution in [0.15, 0.2) is 11.1 Å². The summed E-state index contributed by atoms with van der Waals surface area (Å²) in [5.74, 6) is 1.04. The smallest absolute Gasteiger partial charge is 0.0196 e. The number of likely N-dealkylation sites (tertiary alicyclic amines) is 1. The molecule has 2 unspecified atom stereocenters. The Hall–Kier alpha value is -0.340. The molecule has 3 rings (SSSR count). The summed E-state index contributed by atoms with van der Waals surface area (Å²) in [7, 11) is 0. The highest BCUT2D eigenvalue weighted by atomic mass is 15.2. The summed E-state index contributed by atoms with van der Waals surface area (Å²) in [5.41, 5.74) is 3.30. The molecule has 1 aliphatic carbocycles. The summed E-state index contributed by atoms with van der Waals surface area (Å²) >= 11 is 0. The molecule has 2 saturated heterocycles. The molecule has 2 aliphatic heterocycles. The van der Waals surface area contributed by atoms with Gasteiger partial charge in [0.2, 0.25) is 0 Å². The van der Waals surface area contributed by atoms with Crippen LogP contribution in [-0.2, 0) is 0 Å². The van der Waals surface area contributed by atoms with Crippen molar-refractivity contribution >= 4 is 0 Å². The Morgan fingerprint density at radius 2 is 2.29 bits per heavy atom. The summed E-state index contributed by atoms with van der Waals surface area (Å²) in [4.78, 5) is 2.72. The Morgan fingerprint density at radius 1 is 1.43 bits per heavy atom. The van der Waals surface area contributed by atoms with Crippen molar-refractivity contribution < 1.29 is 0 Å². The second kappa shape index (κ2) is 3.35. The molecule has 0 amide bonds. The van der Waals surface area contributed by atoms with Gasteiger partial charge in [0.15, 0.2) is 0 Å². The van der Waals surface area contributed by atoms with Crippen LogP contribution < -0.4 is 5.32 Å². The van der Waals surface area contributed by atoms with Crippen molar-refractivity contribution in [1.82, 2.24) is 10.2 Å². The molecule has 1 saturated carbocycles. The van der Waals surface area contributed by atoms with Gasteiger partial charge in [-0.2, -0.15) is 0 Å². The van der Waals surface area contributed by atoms with E-state index in [0.717, 1.165) is 25.0 Å². The van der Waals surface area contributed by atoms with Crippen molar-refractivity contribution in [3.8, 4) is 0 Å². The lowest BCUT2D eigenvalue weighted by Gasteiger charge is -2.30. The zero-order chi connectivity index (χ0) is 9.54. The number of hydrogen-bond donors (Lipinski definition) is 1. The van der Waals surface area contributed by atoms with Gasteiger partial charge in [0.25, 0.3) is 0 Å². The Morgan fingerprint density at radius 3 is 2.79 bits per heavy atom. The highest BCUT2D eigenvalue weighted by Crippen LogP contribution is 2.37. The van der Waals surface area contributed by atoms with Crippen molar-refractivity contribution in [3.63, 3.8) is 0 Å². The van der Waals surface area contributed by atoms with Crippen LogP contribution in [0.4, 0.5) is 0 Å². The highest BCUT2D eigenvalue weighted by molar-refractivity contribution is 5.22. The van der Waals surface area contributed by atoms with E-state index in [1.165, 1.54) is 32.4 Å². The number of nitrogens with zero attached hydrogens (tertiary/aromatic N) is 1. The van der Waals surface area contributed by atoms with Crippen LogP contribution in [0, 0.1) is 5.92 Å². The first-order chi connectivity index (χ1) is 6.83. The summed E-state index contributed by atoms with van der Waals surface area (Å²) in [6, 6.07) is 0.934. The standard InChI is InChI=1S/C12H20N2/c1-9(11-5-13-6-11)7-14-8-10-2-3-12(14)4-10/h10,12-13H,2-8H2,1H3. The predicted octanol–water partition coefficient (Wildman–Crippen LogP) is 1.39. The van der Waals surface area contributed by atoms with E-state index in [1.54, 1.807) is 11.1 Å². The van der Waals surface area contributed by atoms with E-state index < -0.39 is 0 Å². The maximum atomic E-state index is 3.32. The monoisotopic (exact) mass is 192 g/mol. The van der Waals surface area contributed by atoms with Gasteiger partial charge in [-0.1, -0.05) is 5.57 Å². The maximum Gasteiger partial charge on any atom is 0.0196 e. The summed E-state index contributed by atoms with van der Waals surface area (Å²) < 4.78 is 0. The molecule has 2 heterocycles. The second-order valence-corrected chi connectivity index (χ2v) is 5.25. The number of piperidine rings is 1. The number of rotatable bonds is 2. The van der Waals surface area contributed by atoms with Crippen molar-refractivity contribution in [1.29, 1.82) is 0 Å². The molecule has 0 spiro atoms. The molecular formula is C12H20N2. The minimum Gasteiger partial charge on any atom is -0.309 e. The Kier molecular flexibility index (Phi) is 2.14. The number of hydrogen-bond acceptors (Lipinski definition) is 2. The molecule has 78 valence electrons. The molecule has 14 heavy (non-hydrogen) atoms. The van der Waals surface area contributed by atoms with Gasteiger partial charge in [-0.15, -0.1) is 0 Å². The first kappa shape index (κ1) is 8.93. The average Bonchev–Trinajstić information content (AvgIpc) is 2.60. The summed E-state index contributed by atoms with van der Waals surface area (Å²) in [6.07, 6.45) is 4.45. The van der Waals surface area contributed by atoms with Crippen molar-refractivity contribution in [3.05, 3.63) is 11.1 Å². The summed E-state index contributed by atoms with van der Waals surface area (Å²) in [6.45, 7) is 7.24. The Labute approximate surface area is 86.4 Å². The summed E-state index contributed by atoms with van der Waals surface area (Å²) in [5, 5.41) is 3.32. The lowest BCUT2D eigenvalue weighted by Crippen LogP contribution is -2.38. The van der Waals surface area contributed by atoms with Crippen LogP contribution in [0.1, 0.15) is 26.2 Å². The molecule has 0 aromatic carbocycles. The van der Waals surface area contributed by atoms with Gasteiger partial charge in [0.1, 0.15) is 0 Å². The van der Waals surface area contributed by atoms with E-state index in [0.29, 0.717) is 0 Å². The third-order valence-electron chi connectivity index (χ3n) is 4.24. The van der Waals surface area contributed by atoms with Crippen LogP contribution in [0.2, 0.25) is 0 Å². The average molecular weight is 192 g/mol. The van der Waals surface area contributed by atoms with Gasteiger partial charge in [-0.3, -0.25) is 4.90 Å². The fourth-order valence-electron chi connectivity index (χ4n) is 3.19. The van der Waals surface area contributed by atoms with Gasteiger partial charge in [0.05, 0.1) is 0 Å². The molecule has 3 fully saturated rings. The first-order valence-corrected chi connectivity index (χ1v) is 5.95. The minimum absolute atomic E-state index is 0.934. The van der Waals surface area contributed by atoms with Crippen LogP contribution in [-0.4, -0.2) is 37.1 Å². The topological polar surface area (TPSA) is 15.3 Å². The maximum absolute atomic E-state index is 3.32. The van der Waals surface area contributed by atoms with Crippen LogP contribution in [0.3, 0.4) is 0 Å². The van der Waals surface area contributed by atoms with Gasteiger partial charge in [-0.25, -0.2) is 0 Å². The van der Waals surface area contributed by atoms with Gasteiger partial charge in [0, 0.05) is 32.2 Å². The van der Waals surface area contributed by atoms with E-state index in [9.17, 15) is 0 Å². The van der Waals surface area contributed by atoms with Crippen molar-refractivity contribution in [2.24, 2.45) is 5.92 Å². The largest absolute Gasteiger partial charge is 0.309 e. The highest BCUT2D eigenvalue weighted by Gasteiger charge is 2.37. The van der Waals surface area contributed by atoms with E-state index >= 15 is 0 Å². The zero-order valence-corrected chi connectivity index (χ0v) is 9.05. The van der Waals surface area contributed by atoms with Gasteiger partial charge in [-0.05, 0) is 37.7 Å². The fourth-order valence-corrected chi connectivity index (χ4v) is 3.19. The second-order valence-electron chi connectivity index (χ2n) is 5.25. The molecule has 0 aromatic heterocycles. The molecule has 2 nitrogen and oxygen atoms in total. The van der Waals surface area contributed by atoms with Crippen molar-refractivity contribution in [2.75, 3.05) is 26.2 Å². The first-order valence-electron chi connectivity index (χ1n) is 5.95. The molecule has 1 N–H and O–H groups in total. The van der Waals surface area contributed by atoms with Gasteiger partial charge >= 0.3 is 0 Å². The van der Waals surface area contributed by atoms with E-state index in [-0.39, 0.29) is 0 Å². The molecule has 3 aliphatic rings. The fraction of sp³-hybridized carbons (Fsp3) is 0.833. The number of fused-ring (bicyclic) bond motifs is 2. The Bertz CT molecular complexity index is 263. The number of nitrogens with one attached hydrogen (secondary N) is 1. The lowest BCUT2D eigenvalue weighted by atomic mass is 10.0. The van der Waals surface area contributed by atoms with E-state index in [1.807, 2.05) is 0 Å². The van der Waals surface area contributed by atoms with Crippen molar-refractivity contribution in [2.45, 2.75) is 32.2 Å². The molecule has 2 bridgehead atoms. The van der Waals surface area contributed by atoms with Crippen LogP contribution in [0.5, 0.6) is 0 Å². The molecule has 2 atom stereocenters. The Balaban J connectivity index is 1.62. The normalized spacial score (nSPS) is 36.2. The predicted molar refractivity (Wildman–Crippen MR) is 58.3 cm³/mol. The lowest BCUT2D eigenvalue weighted by molar-refractivity contribution is 0.230. The van der Waals surface area contributed by atoms with E-state index in [2.05, 4.69) is 17.1 Å². The SMILES string of the molecule is CC(CN1CC2CCC1C2)=C1CNC1. The molecule has 0 aromatic rings. The molecular weight excluding hydrogens is 172 g/mol.